The molecule has 0 unspecified atom stereocenters. The monoisotopic (exact) mass is 413 g/mol. The summed E-state index contributed by atoms with van der Waals surface area (Å²) >= 11 is 1.22. The van der Waals surface area contributed by atoms with Gasteiger partial charge in [-0.25, -0.2) is 13.4 Å². The third-order valence-electron chi connectivity index (χ3n) is 3.92. The number of nitrogens with zero attached hydrogens (tertiary/aromatic N) is 2. The average molecular weight is 414 g/mol. The molecule has 1 aromatic heterocycles. The maximum atomic E-state index is 12.9. The minimum Gasteiger partial charge on any atom is -0.298 e. The van der Waals surface area contributed by atoms with Gasteiger partial charge in [-0.05, 0) is 30.3 Å². The summed E-state index contributed by atoms with van der Waals surface area (Å²) in [5.41, 5.74) is 1.14. The molecular formula is C20H19N3O3S2. The zero-order valence-corrected chi connectivity index (χ0v) is 16.7. The van der Waals surface area contributed by atoms with Crippen molar-refractivity contribution in [2.24, 2.45) is 0 Å². The molecule has 1 amide bonds. The van der Waals surface area contributed by atoms with Gasteiger partial charge in [-0.3, -0.25) is 10.1 Å². The van der Waals surface area contributed by atoms with E-state index in [4.69, 9.17) is 0 Å². The Kier molecular flexibility index (Phi) is 6.03. The van der Waals surface area contributed by atoms with Crippen LogP contribution in [0.3, 0.4) is 0 Å². The van der Waals surface area contributed by atoms with E-state index in [2.05, 4.69) is 23.5 Å². The van der Waals surface area contributed by atoms with Crippen molar-refractivity contribution >= 4 is 42.6 Å². The van der Waals surface area contributed by atoms with E-state index in [1.807, 2.05) is 6.07 Å². The lowest BCUT2D eigenvalue weighted by Crippen LogP contribution is -2.31. The molecule has 0 aliphatic carbocycles. The van der Waals surface area contributed by atoms with Gasteiger partial charge in [0.15, 0.2) is 5.13 Å². The van der Waals surface area contributed by atoms with Crippen molar-refractivity contribution in [3.63, 3.8) is 0 Å². The fraction of sp³-hybridized carbons (Fsp3) is 0.100. The topological polar surface area (TPSA) is 79.4 Å². The van der Waals surface area contributed by atoms with Gasteiger partial charge in [0.05, 0.1) is 15.1 Å². The van der Waals surface area contributed by atoms with E-state index in [1.54, 1.807) is 36.4 Å². The third kappa shape index (κ3) is 4.19. The van der Waals surface area contributed by atoms with Crippen LogP contribution in [0.2, 0.25) is 0 Å². The minimum atomic E-state index is -3.69. The van der Waals surface area contributed by atoms with Crippen molar-refractivity contribution in [1.82, 2.24) is 9.29 Å². The quantitative estimate of drug-likeness (QED) is 0.568. The number of benzene rings is 2. The van der Waals surface area contributed by atoms with Gasteiger partial charge in [0.2, 0.25) is 10.0 Å². The highest BCUT2D eigenvalue weighted by Crippen LogP contribution is 2.29. The van der Waals surface area contributed by atoms with Crippen LogP contribution in [0, 0.1) is 0 Å². The van der Waals surface area contributed by atoms with Crippen LogP contribution in [0.4, 0.5) is 5.13 Å². The first-order chi connectivity index (χ1) is 13.5. The highest BCUT2D eigenvalue weighted by Gasteiger charge is 2.23. The van der Waals surface area contributed by atoms with Gasteiger partial charge >= 0.3 is 0 Å². The number of thiazole rings is 1. The number of carbonyl (C=O) groups excluding carboxylic acids is 1. The Hall–Kier alpha value is -2.81. The molecular weight excluding hydrogens is 394 g/mol. The molecule has 1 N–H and O–H groups in total. The Morgan fingerprint density at radius 3 is 2.43 bits per heavy atom. The fourth-order valence-electron chi connectivity index (χ4n) is 2.59. The molecule has 3 rings (SSSR count). The van der Waals surface area contributed by atoms with Crippen molar-refractivity contribution in [2.45, 2.75) is 4.90 Å². The molecule has 0 spiro atoms. The van der Waals surface area contributed by atoms with Gasteiger partial charge in [-0.1, -0.05) is 41.7 Å². The molecule has 0 aliphatic rings. The number of anilines is 1. The maximum Gasteiger partial charge on any atom is 0.257 e. The first-order valence-corrected chi connectivity index (χ1v) is 10.7. The van der Waals surface area contributed by atoms with Crippen LogP contribution in [0.5, 0.6) is 0 Å². The van der Waals surface area contributed by atoms with Crippen molar-refractivity contribution in [3.8, 4) is 0 Å². The Morgan fingerprint density at radius 1 is 1.11 bits per heavy atom. The molecule has 0 bridgehead atoms. The Labute approximate surface area is 167 Å². The Morgan fingerprint density at radius 2 is 1.79 bits per heavy atom. The lowest BCUT2D eigenvalue weighted by molar-refractivity contribution is 0.102. The summed E-state index contributed by atoms with van der Waals surface area (Å²) < 4.78 is 27.7. The maximum absolute atomic E-state index is 12.9. The molecule has 0 aliphatic heterocycles. The predicted molar refractivity (Wildman–Crippen MR) is 113 cm³/mol. The number of fused-ring (bicyclic) bond motifs is 1. The van der Waals surface area contributed by atoms with Crippen LogP contribution in [0.25, 0.3) is 10.2 Å². The Bertz CT molecular complexity index is 1110. The molecule has 0 radical (unpaired) electrons. The van der Waals surface area contributed by atoms with Crippen LogP contribution < -0.4 is 5.32 Å². The molecule has 8 heteroatoms. The van der Waals surface area contributed by atoms with Gasteiger partial charge in [0, 0.05) is 18.7 Å². The van der Waals surface area contributed by atoms with E-state index in [-0.39, 0.29) is 23.9 Å². The summed E-state index contributed by atoms with van der Waals surface area (Å²) in [4.78, 5) is 16.8. The largest absolute Gasteiger partial charge is 0.298 e. The summed E-state index contributed by atoms with van der Waals surface area (Å²) in [6.07, 6.45) is 3.06. The lowest BCUT2D eigenvalue weighted by Gasteiger charge is -2.18. The second-order valence-electron chi connectivity index (χ2n) is 5.87. The standard InChI is InChI=1S/C20H19N3O3S2/c1-3-12-23(13-4-2)28(25,26)16-10-11-17-18(14-16)27-20(21-17)22-19(24)15-8-6-5-7-9-15/h3-11,14H,1-2,12-13H2,(H,21,22,24). The van der Waals surface area contributed by atoms with E-state index in [0.717, 1.165) is 0 Å². The normalized spacial score (nSPS) is 11.5. The van der Waals surface area contributed by atoms with Crippen LogP contribution >= 0.6 is 11.3 Å². The minimum absolute atomic E-state index is 0.160. The summed E-state index contributed by atoms with van der Waals surface area (Å²) in [6.45, 7) is 7.59. The van der Waals surface area contributed by atoms with E-state index in [1.165, 1.54) is 33.9 Å². The molecule has 2 aromatic carbocycles. The van der Waals surface area contributed by atoms with Crippen molar-refractivity contribution in [2.75, 3.05) is 18.4 Å². The predicted octanol–water partition coefficient (Wildman–Crippen LogP) is 3.91. The van der Waals surface area contributed by atoms with Gasteiger partial charge in [0.25, 0.3) is 5.91 Å². The van der Waals surface area contributed by atoms with Crippen molar-refractivity contribution in [1.29, 1.82) is 0 Å². The van der Waals surface area contributed by atoms with Gasteiger partial charge in [0.1, 0.15) is 0 Å². The number of sulfonamides is 1. The number of amides is 1. The van der Waals surface area contributed by atoms with Crippen LogP contribution in [0.1, 0.15) is 10.4 Å². The zero-order chi connectivity index (χ0) is 20.1. The first kappa shape index (κ1) is 19.9. The van der Waals surface area contributed by atoms with E-state index in [9.17, 15) is 13.2 Å². The molecule has 144 valence electrons. The highest BCUT2D eigenvalue weighted by atomic mass is 32.2. The van der Waals surface area contributed by atoms with Gasteiger partial charge in [-0.2, -0.15) is 4.31 Å². The molecule has 28 heavy (non-hydrogen) atoms. The fourth-order valence-corrected chi connectivity index (χ4v) is 4.97. The van der Waals surface area contributed by atoms with E-state index >= 15 is 0 Å². The summed E-state index contributed by atoms with van der Waals surface area (Å²) in [7, 11) is -3.69. The molecule has 3 aromatic rings. The lowest BCUT2D eigenvalue weighted by atomic mass is 10.2. The van der Waals surface area contributed by atoms with Gasteiger partial charge < -0.3 is 0 Å². The molecule has 0 fully saturated rings. The highest BCUT2D eigenvalue weighted by molar-refractivity contribution is 7.89. The zero-order valence-electron chi connectivity index (χ0n) is 15.0. The van der Waals surface area contributed by atoms with Gasteiger partial charge in [-0.15, -0.1) is 13.2 Å². The Balaban J connectivity index is 1.89. The van der Waals surface area contributed by atoms with Crippen LogP contribution in [-0.4, -0.2) is 36.7 Å². The SMILES string of the molecule is C=CCN(CC=C)S(=O)(=O)c1ccc2nc(NC(=O)c3ccccc3)sc2c1. The molecule has 1 heterocycles. The number of nitrogens with one attached hydrogen (secondary N) is 1. The summed E-state index contributed by atoms with van der Waals surface area (Å²) in [6, 6.07) is 13.5. The molecule has 6 nitrogen and oxygen atoms in total. The van der Waals surface area contributed by atoms with E-state index < -0.39 is 10.0 Å². The summed E-state index contributed by atoms with van der Waals surface area (Å²) in [5.74, 6) is -0.268. The van der Waals surface area contributed by atoms with Crippen molar-refractivity contribution in [3.05, 3.63) is 79.4 Å². The van der Waals surface area contributed by atoms with Crippen LogP contribution in [0.15, 0.2) is 78.7 Å². The number of hydrogen-bond donors (Lipinski definition) is 1. The number of aromatic nitrogens is 1. The third-order valence-corrected chi connectivity index (χ3v) is 6.68. The second kappa shape index (κ2) is 8.47. The van der Waals surface area contributed by atoms with Crippen molar-refractivity contribution < 1.29 is 13.2 Å². The molecule has 0 atom stereocenters. The second-order valence-corrected chi connectivity index (χ2v) is 8.84. The number of carbonyl (C=O) groups is 1. The average Bonchev–Trinajstić information content (AvgIpc) is 3.09. The van der Waals surface area contributed by atoms with E-state index in [0.29, 0.717) is 20.9 Å². The number of hydrogen-bond acceptors (Lipinski definition) is 5. The first-order valence-electron chi connectivity index (χ1n) is 8.44. The summed E-state index contributed by atoms with van der Waals surface area (Å²) in [5, 5.41) is 3.16. The molecule has 0 saturated heterocycles. The molecule has 0 saturated carbocycles. The smallest absolute Gasteiger partial charge is 0.257 e. The van der Waals surface area contributed by atoms with Crippen LogP contribution in [-0.2, 0) is 10.0 Å². The number of rotatable bonds is 8.